The maximum atomic E-state index is 11.7. The highest BCUT2D eigenvalue weighted by Gasteiger charge is 2.19. The van der Waals surface area contributed by atoms with Gasteiger partial charge in [-0.25, -0.2) is 0 Å². The highest BCUT2D eigenvalue weighted by atomic mass is 35.5. The minimum absolute atomic E-state index is 0.0929. The van der Waals surface area contributed by atoms with Gasteiger partial charge in [0.25, 0.3) is 11.6 Å². The molecule has 1 aromatic rings. The molecule has 0 saturated carbocycles. The van der Waals surface area contributed by atoms with Crippen LogP contribution >= 0.6 is 11.6 Å². The molecule has 0 radical (unpaired) electrons. The molecule has 18 heavy (non-hydrogen) atoms. The smallest absolute Gasteiger partial charge is 0.288 e. The third-order valence-corrected chi connectivity index (χ3v) is 2.53. The van der Waals surface area contributed by atoms with Crippen molar-refractivity contribution in [1.82, 2.24) is 5.32 Å². The second-order valence-corrected chi connectivity index (χ2v) is 3.71. The van der Waals surface area contributed by atoms with Gasteiger partial charge in [-0.3, -0.25) is 14.9 Å². The summed E-state index contributed by atoms with van der Waals surface area (Å²) in [5.74, 6) is 5.05. The van der Waals surface area contributed by atoms with E-state index >= 15 is 0 Å². The number of nitro groups is 1. The highest BCUT2D eigenvalue weighted by Crippen LogP contribution is 2.27. The van der Waals surface area contributed by atoms with Gasteiger partial charge < -0.3 is 5.32 Å². The lowest BCUT2D eigenvalue weighted by Gasteiger charge is -2.05. The van der Waals surface area contributed by atoms with E-state index in [-0.39, 0.29) is 16.3 Å². The molecule has 1 amide bonds. The number of nitrogens with one attached hydrogen (secondary N) is 1. The molecule has 0 fully saturated rings. The lowest BCUT2D eigenvalue weighted by molar-refractivity contribution is -0.384. The Morgan fingerprint density at radius 1 is 1.56 bits per heavy atom. The van der Waals surface area contributed by atoms with Crippen molar-refractivity contribution in [2.75, 3.05) is 6.54 Å². The Hall–Kier alpha value is -2.06. The lowest BCUT2D eigenvalue weighted by atomic mass is 10.2. The maximum absolute atomic E-state index is 11.7. The molecule has 0 unspecified atom stereocenters. The first kappa shape index (κ1) is 14.0. The molecule has 6 heteroatoms. The second-order valence-electron chi connectivity index (χ2n) is 3.33. The van der Waals surface area contributed by atoms with E-state index in [1.54, 1.807) is 6.92 Å². The summed E-state index contributed by atoms with van der Waals surface area (Å²) in [6.45, 7) is 2.08. The summed E-state index contributed by atoms with van der Waals surface area (Å²) in [6, 6.07) is 4.11. The van der Waals surface area contributed by atoms with Crippen LogP contribution < -0.4 is 5.32 Å². The van der Waals surface area contributed by atoms with Gasteiger partial charge in [0.15, 0.2) is 0 Å². The number of rotatable bonds is 4. The Morgan fingerprint density at radius 2 is 2.28 bits per heavy atom. The van der Waals surface area contributed by atoms with E-state index in [0.29, 0.717) is 13.0 Å². The van der Waals surface area contributed by atoms with Crippen LogP contribution in [0.15, 0.2) is 18.2 Å². The van der Waals surface area contributed by atoms with Crippen molar-refractivity contribution in [3.8, 4) is 11.8 Å². The van der Waals surface area contributed by atoms with Crippen LogP contribution in [0.4, 0.5) is 5.69 Å². The first-order valence-corrected chi connectivity index (χ1v) is 5.56. The van der Waals surface area contributed by atoms with Gasteiger partial charge in [0.1, 0.15) is 5.02 Å². The minimum Gasteiger partial charge on any atom is -0.351 e. The fourth-order valence-electron chi connectivity index (χ4n) is 1.29. The largest absolute Gasteiger partial charge is 0.351 e. The normalized spacial score (nSPS) is 9.22. The number of benzene rings is 1. The molecule has 0 aliphatic carbocycles. The average Bonchev–Trinajstić information content (AvgIpc) is 2.34. The average molecular weight is 267 g/mol. The van der Waals surface area contributed by atoms with Crippen LogP contribution in [0, 0.1) is 22.0 Å². The van der Waals surface area contributed by atoms with E-state index in [4.69, 9.17) is 11.6 Å². The number of hydrogen-bond acceptors (Lipinski definition) is 3. The number of carbonyl (C=O) groups is 1. The van der Waals surface area contributed by atoms with Crippen molar-refractivity contribution in [3.63, 3.8) is 0 Å². The molecule has 0 heterocycles. The predicted octanol–water partition coefficient (Wildman–Crippen LogP) is 2.39. The van der Waals surface area contributed by atoms with Gasteiger partial charge in [0, 0.05) is 19.0 Å². The molecule has 0 saturated heterocycles. The van der Waals surface area contributed by atoms with E-state index in [0.717, 1.165) is 0 Å². The molecule has 0 atom stereocenters. The van der Waals surface area contributed by atoms with Crippen molar-refractivity contribution in [1.29, 1.82) is 0 Å². The molecular weight excluding hydrogens is 256 g/mol. The van der Waals surface area contributed by atoms with E-state index < -0.39 is 10.8 Å². The maximum Gasteiger partial charge on any atom is 0.288 e. The third kappa shape index (κ3) is 3.47. The Kier molecular flexibility index (Phi) is 5.15. The lowest BCUT2D eigenvalue weighted by Crippen LogP contribution is -2.24. The van der Waals surface area contributed by atoms with Crippen LogP contribution in [0.1, 0.15) is 23.7 Å². The molecule has 94 valence electrons. The number of nitrogens with zero attached hydrogens (tertiary/aromatic N) is 1. The summed E-state index contributed by atoms with van der Waals surface area (Å²) < 4.78 is 0. The summed E-state index contributed by atoms with van der Waals surface area (Å²) in [5.41, 5.74) is -0.187. The summed E-state index contributed by atoms with van der Waals surface area (Å²) >= 11 is 5.81. The zero-order valence-electron chi connectivity index (χ0n) is 9.70. The summed E-state index contributed by atoms with van der Waals surface area (Å²) in [4.78, 5) is 21.8. The van der Waals surface area contributed by atoms with Crippen molar-refractivity contribution < 1.29 is 9.72 Å². The number of hydrogen-bond donors (Lipinski definition) is 1. The van der Waals surface area contributed by atoms with Crippen LogP contribution in [-0.4, -0.2) is 17.4 Å². The highest BCUT2D eigenvalue weighted by molar-refractivity contribution is 6.35. The van der Waals surface area contributed by atoms with Crippen molar-refractivity contribution in [3.05, 3.63) is 38.9 Å². The third-order valence-electron chi connectivity index (χ3n) is 2.13. The van der Waals surface area contributed by atoms with Gasteiger partial charge in [-0.1, -0.05) is 17.7 Å². The fourth-order valence-corrected chi connectivity index (χ4v) is 1.58. The number of halogens is 1. The molecule has 1 N–H and O–H groups in total. The minimum atomic E-state index is -0.623. The van der Waals surface area contributed by atoms with Gasteiger partial charge in [0.05, 0.1) is 10.5 Å². The SMILES string of the molecule is CC#CCCNC(=O)c1cccc([N+](=O)[O-])c1Cl. The van der Waals surface area contributed by atoms with Crippen LogP contribution in [0.25, 0.3) is 0 Å². The number of nitro benzene ring substituents is 1. The Morgan fingerprint density at radius 3 is 2.89 bits per heavy atom. The standard InChI is InChI=1S/C12H11ClN2O3/c1-2-3-4-8-14-12(16)9-6-5-7-10(11(9)13)15(17)18/h5-7H,4,8H2,1H3,(H,14,16). The molecular formula is C12H11ClN2O3. The topological polar surface area (TPSA) is 72.2 Å². The van der Waals surface area contributed by atoms with Crippen molar-refractivity contribution in [2.45, 2.75) is 13.3 Å². The van der Waals surface area contributed by atoms with Crippen LogP contribution in [0.5, 0.6) is 0 Å². The molecule has 1 rings (SSSR count). The van der Waals surface area contributed by atoms with Crippen LogP contribution in [-0.2, 0) is 0 Å². The number of carbonyl (C=O) groups excluding carboxylic acids is 1. The Labute approximate surface area is 109 Å². The molecule has 0 aliphatic heterocycles. The quantitative estimate of drug-likeness (QED) is 0.394. The van der Waals surface area contributed by atoms with Gasteiger partial charge >= 0.3 is 0 Å². The van der Waals surface area contributed by atoms with Gasteiger partial charge in [0.2, 0.25) is 0 Å². The number of amides is 1. The molecule has 0 spiro atoms. The van der Waals surface area contributed by atoms with Crippen LogP contribution in [0.3, 0.4) is 0 Å². The molecule has 1 aromatic carbocycles. The van der Waals surface area contributed by atoms with E-state index in [1.165, 1.54) is 18.2 Å². The van der Waals surface area contributed by atoms with Gasteiger partial charge in [-0.2, -0.15) is 0 Å². The Balaban J connectivity index is 2.82. The van der Waals surface area contributed by atoms with E-state index in [1.807, 2.05) is 0 Å². The van der Waals surface area contributed by atoms with Crippen molar-refractivity contribution in [2.24, 2.45) is 0 Å². The molecule has 5 nitrogen and oxygen atoms in total. The van der Waals surface area contributed by atoms with E-state index in [9.17, 15) is 14.9 Å². The van der Waals surface area contributed by atoms with Crippen molar-refractivity contribution >= 4 is 23.2 Å². The summed E-state index contributed by atoms with van der Waals surface area (Å²) in [5, 5.41) is 13.1. The van der Waals surface area contributed by atoms with Gasteiger partial charge in [-0.05, 0) is 13.0 Å². The monoisotopic (exact) mass is 266 g/mol. The van der Waals surface area contributed by atoms with Crippen LogP contribution in [0.2, 0.25) is 5.02 Å². The zero-order chi connectivity index (χ0) is 13.5. The van der Waals surface area contributed by atoms with E-state index in [2.05, 4.69) is 17.2 Å². The summed E-state index contributed by atoms with van der Waals surface area (Å²) in [6.07, 6.45) is 0.523. The summed E-state index contributed by atoms with van der Waals surface area (Å²) in [7, 11) is 0. The Bertz CT molecular complexity index is 532. The predicted molar refractivity (Wildman–Crippen MR) is 68.5 cm³/mol. The first-order chi connectivity index (χ1) is 8.57. The zero-order valence-corrected chi connectivity index (χ0v) is 10.5. The fraction of sp³-hybridized carbons (Fsp3) is 0.250. The van der Waals surface area contributed by atoms with Gasteiger partial charge in [-0.15, -0.1) is 11.8 Å². The first-order valence-electron chi connectivity index (χ1n) is 5.18. The second kappa shape index (κ2) is 6.62. The molecule has 0 aromatic heterocycles. The molecule has 0 bridgehead atoms. The molecule has 0 aliphatic rings.